The van der Waals surface area contributed by atoms with Gasteiger partial charge in [0.25, 0.3) is 0 Å². The van der Waals surface area contributed by atoms with Crippen LogP contribution in [0.2, 0.25) is 0 Å². The van der Waals surface area contributed by atoms with Crippen molar-refractivity contribution in [3.05, 3.63) is 216 Å². The van der Waals surface area contributed by atoms with Crippen LogP contribution in [-0.4, -0.2) is 4.57 Å². The highest BCUT2D eigenvalue weighted by atomic mass is 32.1. The summed E-state index contributed by atoms with van der Waals surface area (Å²) in [5.74, 6) is 0. The number of benzene rings is 8. The molecule has 0 amide bonds. The number of nitrogens with zero attached hydrogens (tertiary/aromatic N) is 2. The Morgan fingerprint density at radius 2 is 0.963 bits per heavy atom. The van der Waals surface area contributed by atoms with E-state index in [1.807, 2.05) is 11.3 Å². The van der Waals surface area contributed by atoms with E-state index in [1.165, 1.54) is 81.4 Å². The van der Waals surface area contributed by atoms with Crippen LogP contribution in [0.3, 0.4) is 0 Å². The van der Waals surface area contributed by atoms with E-state index >= 15 is 0 Å². The quantitative estimate of drug-likeness (QED) is 0.177. The highest BCUT2D eigenvalue weighted by Crippen LogP contribution is 2.66. The lowest BCUT2D eigenvalue weighted by molar-refractivity contribution is 0.810. The van der Waals surface area contributed by atoms with Gasteiger partial charge in [0.15, 0.2) is 0 Å². The Morgan fingerprint density at radius 3 is 1.69 bits per heavy atom. The first kappa shape index (κ1) is 29.9. The van der Waals surface area contributed by atoms with Gasteiger partial charge in [-0.3, -0.25) is 0 Å². The lowest BCUT2D eigenvalue weighted by atomic mass is 9.73. The number of aromatic nitrogens is 1. The number of anilines is 3. The molecule has 0 N–H and O–H groups in total. The topological polar surface area (TPSA) is 8.17 Å². The van der Waals surface area contributed by atoms with Crippen molar-refractivity contribution in [3.8, 4) is 27.9 Å². The maximum absolute atomic E-state index is 2.51. The molecule has 0 bridgehead atoms. The number of rotatable bonds is 4. The van der Waals surface area contributed by atoms with Crippen molar-refractivity contribution in [1.82, 2.24) is 4.57 Å². The predicted molar refractivity (Wildman–Crippen MR) is 227 cm³/mol. The van der Waals surface area contributed by atoms with E-state index in [9.17, 15) is 0 Å². The van der Waals surface area contributed by atoms with Gasteiger partial charge in [-0.15, -0.1) is 11.3 Å². The van der Waals surface area contributed by atoms with Gasteiger partial charge in [0.2, 0.25) is 0 Å². The highest BCUT2D eigenvalue weighted by Gasteiger charge is 2.53. The first-order valence-corrected chi connectivity index (χ1v) is 19.4. The minimum Gasteiger partial charge on any atom is -0.310 e. The van der Waals surface area contributed by atoms with Gasteiger partial charge in [-0.2, -0.15) is 0 Å². The molecule has 12 rings (SSSR count). The zero-order valence-electron chi connectivity index (χ0n) is 29.3. The Balaban J connectivity index is 1.19. The van der Waals surface area contributed by atoms with Gasteiger partial charge < -0.3 is 9.47 Å². The van der Waals surface area contributed by atoms with E-state index in [1.54, 1.807) is 0 Å². The second-order valence-corrected chi connectivity index (χ2v) is 15.5. The van der Waals surface area contributed by atoms with Gasteiger partial charge in [0.1, 0.15) is 0 Å². The van der Waals surface area contributed by atoms with Crippen molar-refractivity contribution in [2.45, 2.75) is 5.41 Å². The fourth-order valence-electron chi connectivity index (χ4n) is 9.64. The zero-order valence-corrected chi connectivity index (χ0v) is 30.1. The molecular weight excluding hydrogens is 673 g/mol. The summed E-state index contributed by atoms with van der Waals surface area (Å²) in [6, 6.07) is 71.7. The van der Waals surface area contributed by atoms with Gasteiger partial charge in [0, 0.05) is 54.0 Å². The molecule has 54 heavy (non-hydrogen) atoms. The largest absolute Gasteiger partial charge is 0.310 e. The molecule has 252 valence electrons. The molecule has 0 aliphatic heterocycles. The molecule has 3 heteroatoms. The molecule has 1 atom stereocenters. The first-order valence-electron chi connectivity index (χ1n) is 18.6. The molecule has 0 radical (unpaired) electrons. The molecule has 0 saturated heterocycles. The van der Waals surface area contributed by atoms with E-state index in [4.69, 9.17) is 0 Å². The normalized spacial score (nSPS) is 15.1. The second-order valence-electron chi connectivity index (χ2n) is 14.4. The highest BCUT2D eigenvalue weighted by molar-refractivity contribution is 7.20. The minimum atomic E-state index is -0.496. The molecule has 10 aromatic rings. The van der Waals surface area contributed by atoms with Crippen LogP contribution in [0.25, 0.3) is 59.8 Å². The third kappa shape index (κ3) is 3.89. The van der Waals surface area contributed by atoms with E-state index < -0.39 is 5.41 Å². The van der Waals surface area contributed by atoms with Gasteiger partial charge in [0.05, 0.1) is 16.4 Å². The van der Waals surface area contributed by atoms with Crippen LogP contribution >= 0.6 is 11.3 Å². The van der Waals surface area contributed by atoms with Crippen LogP contribution in [-0.2, 0) is 5.41 Å². The van der Waals surface area contributed by atoms with Crippen LogP contribution in [0.5, 0.6) is 0 Å². The van der Waals surface area contributed by atoms with Gasteiger partial charge in [-0.25, -0.2) is 0 Å². The summed E-state index contributed by atoms with van der Waals surface area (Å²) in [5, 5.41) is 3.88. The summed E-state index contributed by atoms with van der Waals surface area (Å²) in [5.41, 5.74) is 15.9. The molecule has 2 aromatic heterocycles. The summed E-state index contributed by atoms with van der Waals surface area (Å²) in [6.45, 7) is 0. The van der Waals surface area contributed by atoms with Crippen molar-refractivity contribution in [2.75, 3.05) is 4.90 Å². The summed E-state index contributed by atoms with van der Waals surface area (Å²) in [7, 11) is 0. The maximum atomic E-state index is 2.51. The Labute approximate surface area is 317 Å². The van der Waals surface area contributed by atoms with Gasteiger partial charge in [-0.05, 0) is 100 Å². The Morgan fingerprint density at radius 1 is 0.407 bits per heavy atom. The van der Waals surface area contributed by atoms with Gasteiger partial charge >= 0.3 is 0 Å². The third-order valence-electron chi connectivity index (χ3n) is 11.8. The van der Waals surface area contributed by atoms with Crippen LogP contribution in [0.1, 0.15) is 21.6 Å². The molecule has 0 saturated carbocycles. The molecule has 2 heterocycles. The molecular formula is C51H32N2S. The minimum absolute atomic E-state index is 0.496. The van der Waals surface area contributed by atoms with Crippen LogP contribution < -0.4 is 4.90 Å². The molecule has 2 nitrogen and oxygen atoms in total. The summed E-state index contributed by atoms with van der Waals surface area (Å²) < 4.78 is 3.79. The first-order chi connectivity index (χ1) is 26.8. The number of thiophene rings is 1. The number of hydrogen-bond acceptors (Lipinski definition) is 2. The lowest BCUT2D eigenvalue weighted by Gasteiger charge is -2.31. The van der Waals surface area contributed by atoms with Crippen molar-refractivity contribution in [3.63, 3.8) is 0 Å². The molecule has 2 aliphatic rings. The van der Waals surface area contributed by atoms with E-state index in [-0.39, 0.29) is 0 Å². The average Bonchev–Trinajstić information content (AvgIpc) is 3.95. The molecule has 2 aliphatic carbocycles. The summed E-state index contributed by atoms with van der Waals surface area (Å²) in [6.07, 6.45) is 0. The van der Waals surface area contributed by atoms with Crippen LogP contribution in [0.15, 0.2) is 194 Å². The van der Waals surface area contributed by atoms with Crippen molar-refractivity contribution in [1.29, 1.82) is 0 Å². The monoisotopic (exact) mass is 704 g/mol. The Bertz CT molecular complexity index is 3020. The number of hydrogen-bond donors (Lipinski definition) is 0. The van der Waals surface area contributed by atoms with E-state index in [0.717, 1.165) is 17.1 Å². The van der Waals surface area contributed by atoms with Crippen molar-refractivity contribution < 1.29 is 0 Å². The molecule has 0 fully saturated rings. The SMILES string of the molecule is c1ccc(N(c2ccccc2)c2ccc3c(c2)C2(c4ccccc4-c4ccc(-n5c6ccccc6c6ccccc65)cc42)c2sc4ccccc4c2-3)cc1. The average molecular weight is 705 g/mol. The van der Waals surface area contributed by atoms with E-state index in [0.29, 0.717) is 0 Å². The Hall–Kier alpha value is -6.68. The third-order valence-corrected chi connectivity index (χ3v) is 13.1. The van der Waals surface area contributed by atoms with Gasteiger partial charge in [-0.1, -0.05) is 127 Å². The molecule has 8 aromatic carbocycles. The van der Waals surface area contributed by atoms with Crippen molar-refractivity contribution >= 4 is 60.3 Å². The predicted octanol–water partition coefficient (Wildman–Crippen LogP) is 13.8. The van der Waals surface area contributed by atoms with Crippen molar-refractivity contribution in [2.24, 2.45) is 0 Å². The van der Waals surface area contributed by atoms with Crippen LogP contribution in [0.4, 0.5) is 17.1 Å². The molecule has 1 spiro atoms. The smallest absolute Gasteiger partial charge is 0.0820 e. The fraction of sp³-hybridized carbons (Fsp3) is 0.0196. The summed E-state index contributed by atoms with van der Waals surface area (Å²) >= 11 is 1.96. The Kier molecular flexibility index (Phi) is 6.17. The zero-order chi connectivity index (χ0) is 35.4. The number of fused-ring (bicyclic) bond motifs is 15. The van der Waals surface area contributed by atoms with Crippen LogP contribution in [0, 0.1) is 0 Å². The maximum Gasteiger partial charge on any atom is 0.0820 e. The second kappa shape index (κ2) is 11.2. The lowest BCUT2D eigenvalue weighted by Crippen LogP contribution is -2.25. The van der Waals surface area contributed by atoms with E-state index in [2.05, 4.69) is 204 Å². The molecule has 1 unspecified atom stereocenters. The fourth-order valence-corrected chi connectivity index (χ4v) is 11.1. The number of para-hydroxylation sites is 4. The summed E-state index contributed by atoms with van der Waals surface area (Å²) in [4.78, 5) is 3.81. The standard InChI is InChI=1S/C51H32N2S/c1-3-15-33(16-4-1)52(34-17-5-2-6-18-34)35-28-30-41-45(31-35)51(50-49(41)42-22-10-14-26-48(42)54-50)43-23-11-7-19-37(43)38-29-27-36(32-44(38)51)53-46-24-12-8-20-39(46)40-21-9-13-25-47(40)53/h1-32H.